The fourth-order valence-electron chi connectivity index (χ4n) is 6.23. The molecule has 2 amide bonds. The van der Waals surface area contributed by atoms with Gasteiger partial charge in [0.15, 0.2) is 0 Å². The first-order valence-electron chi connectivity index (χ1n) is 9.82. The van der Waals surface area contributed by atoms with Gasteiger partial charge >= 0.3 is 6.03 Å². The number of amides is 2. The Bertz CT molecular complexity index is 590. The van der Waals surface area contributed by atoms with E-state index in [2.05, 4.69) is 10.6 Å². The summed E-state index contributed by atoms with van der Waals surface area (Å²) in [6, 6.07) is -0.0208. The lowest BCUT2D eigenvalue weighted by Gasteiger charge is -2.56. The van der Waals surface area contributed by atoms with Gasteiger partial charge in [0.05, 0.1) is 6.26 Å². The Morgan fingerprint density at radius 2 is 1.56 bits per heavy atom. The molecule has 0 aromatic heterocycles. The molecule has 2 N–H and O–H groups in total. The third-order valence-corrected chi connectivity index (χ3v) is 8.31. The Hall–Kier alpha value is -0.820. The number of piperidine rings is 1. The molecule has 1 heterocycles. The highest BCUT2D eigenvalue weighted by molar-refractivity contribution is 7.88. The molecule has 0 radical (unpaired) electrons. The van der Waals surface area contributed by atoms with E-state index in [-0.39, 0.29) is 11.6 Å². The smallest absolute Gasteiger partial charge is 0.315 e. The fourth-order valence-corrected chi connectivity index (χ4v) is 7.10. The molecular formula is C18H31N3O3S. The van der Waals surface area contributed by atoms with Crippen LogP contribution in [0.5, 0.6) is 0 Å². The van der Waals surface area contributed by atoms with E-state index in [0.29, 0.717) is 25.6 Å². The summed E-state index contributed by atoms with van der Waals surface area (Å²) in [5.41, 5.74) is 0.0541. The average molecular weight is 370 g/mol. The number of carbonyl (C=O) groups is 1. The predicted octanol–water partition coefficient (Wildman–Crippen LogP) is 1.93. The quantitative estimate of drug-likeness (QED) is 0.795. The number of carbonyl (C=O) groups excluding carboxylic acids is 1. The van der Waals surface area contributed by atoms with Crippen molar-refractivity contribution in [1.29, 1.82) is 0 Å². The SMILES string of the molecule is CS(=O)(=O)N1CCC(CNC(=O)NC23CC4CC(CC(C4)C2)C3)CC1. The van der Waals surface area contributed by atoms with Gasteiger partial charge in [0.1, 0.15) is 0 Å². The van der Waals surface area contributed by atoms with Crippen LogP contribution in [0, 0.1) is 23.7 Å². The second-order valence-corrected chi connectivity index (χ2v) is 11.1. The molecule has 4 saturated carbocycles. The Morgan fingerprint density at radius 1 is 1.04 bits per heavy atom. The van der Waals surface area contributed by atoms with Gasteiger partial charge in [-0.05, 0) is 75.0 Å². The number of nitrogens with zero attached hydrogens (tertiary/aromatic N) is 1. The van der Waals surface area contributed by atoms with Crippen LogP contribution in [0.25, 0.3) is 0 Å². The van der Waals surface area contributed by atoms with Crippen molar-refractivity contribution < 1.29 is 13.2 Å². The van der Waals surface area contributed by atoms with Crippen LogP contribution in [0.15, 0.2) is 0 Å². The molecule has 0 unspecified atom stereocenters. The number of rotatable bonds is 4. The first kappa shape index (κ1) is 17.6. The second-order valence-electron chi connectivity index (χ2n) is 9.14. The summed E-state index contributed by atoms with van der Waals surface area (Å²) in [6.07, 6.45) is 10.5. The van der Waals surface area contributed by atoms with Crippen LogP contribution in [0.3, 0.4) is 0 Å². The molecule has 0 aromatic rings. The zero-order valence-corrected chi connectivity index (χ0v) is 16.0. The van der Waals surface area contributed by atoms with Gasteiger partial charge in [-0.1, -0.05) is 0 Å². The third kappa shape index (κ3) is 3.82. The van der Waals surface area contributed by atoms with Gasteiger partial charge < -0.3 is 10.6 Å². The minimum atomic E-state index is -3.08. The van der Waals surface area contributed by atoms with Crippen molar-refractivity contribution in [2.24, 2.45) is 23.7 Å². The number of hydrogen-bond donors (Lipinski definition) is 2. The molecule has 5 rings (SSSR count). The summed E-state index contributed by atoms with van der Waals surface area (Å²) in [4.78, 5) is 12.5. The maximum atomic E-state index is 12.5. The molecule has 4 bridgehead atoms. The molecule has 0 aromatic carbocycles. The van der Waals surface area contributed by atoms with Crippen molar-refractivity contribution >= 4 is 16.1 Å². The summed E-state index contributed by atoms with van der Waals surface area (Å²) < 4.78 is 24.7. The molecule has 4 aliphatic carbocycles. The molecule has 5 fully saturated rings. The van der Waals surface area contributed by atoms with Gasteiger partial charge in [-0.3, -0.25) is 0 Å². The number of nitrogens with one attached hydrogen (secondary N) is 2. The Labute approximate surface area is 151 Å². The van der Waals surface area contributed by atoms with Gasteiger partial charge in [-0.25, -0.2) is 17.5 Å². The highest BCUT2D eigenvalue weighted by Gasteiger charge is 2.51. The number of sulfonamides is 1. The first-order chi connectivity index (χ1) is 11.8. The van der Waals surface area contributed by atoms with E-state index >= 15 is 0 Å². The molecule has 0 atom stereocenters. The van der Waals surface area contributed by atoms with Crippen LogP contribution >= 0.6 is 0 Å². The molecule has 142 valence electrons. The minimum Gasteiger partial charge on any atom is -0.338 e. The molecule has 0 spiro atoms. The van der Waals surface area contributed by atoms with Gasteiger partial charge in [0, 0.05) is 25.2 Å². The van der Waals surface area contributed by atoms with Gasteiger partial charge in [-0.2, -0.15) is 0 Å². The van der Waals surface area contributed by atoms with Crippen molar-refractivity contribution in [2.45, 2.75) is 56.9 Å². The maximum absolute atomic E-state index is 12.5. The van der Waals surface area contributed by atoms with Crippen molar-refractivity contribution in [2.75, 3.05) is 25.9 Å². The van der Waals surface area contributed by atoms with Gasteiger partial charge in [0.25, 0.3) is 0 Å². The molecule has 25 heavy (non-hydrogen) atoms. The van der Waals surface area contributed by atoms with Gasteiger partial charge in [-0.15, -0.1) is 0 Å². The zero-order valence-electron chi connectivity index (χ0n) is 15.2. The zero-order chi connectivity index (χ0) is 17.7. The summed E-state index contributed by atoms with van der Waals surface area (Å²) in [5.74, 6) is 2.85. The van der Waals surface area contributed by atoms with Crippen LogP contribution in [-0.4, -0.2) is 50.2 Å². The number of hydrogen-bond acceptors (Lipinski definition) is 3. The summed E-state index contributed by atoms with van der Waals surface area (Å²) in [5, 5.41) is 6.40. The topological polar surface area (TPSA) is 78.5 Å². The van der Waals surface area contributed by atoms with E-state index in [1.54, 1.807) is 4.31 Å². The predicted molar refractivity (Wildman–Crippen MR) is 96.6 cm³/mol. The van der Waals surface area contributed by atoms with Crippen molar-refractivity contribution in [1.82, 2.24) is 14.9 Å². The van der Waals surface area contributed by atoms with E-state index in [1.165, 1.54) is 44.8 Å². The Kier molecular flexibility index (Phi) is 4.51. The summed E-state index contributed by atoms with van der Waals surface area (Å²) in [6.45, 7) is 1.79. The highest BCUT2D eigenvalue weighted by atomic mass is 32.2. The maximum Gasteiger partial charge on any atom is 0.315 e. The van der Waals surface area contributed by atoms with E-state index in [1.807, 2.05) is 0 Å². The molecule has 6 nitrogen and oxygen atoms in total. The van der Waals surface area contributed by atoms with Crippen LogP contribution in [0.4, 0.5) is 4.79 Å². The molecule has 1 aliphatic heterocycles. The van der Waals surface area contributed by atoms with E-state index in [0.717, 1.165) is 30.6 Å². The van der Waals surface area contributed by atoms with E-state index in [4.69, 9.17) is 0 Å². The molecule has 1 saturated heterocycles. The highest BCUT2D eigenvalue weighted by Crippen LogP contribution is 2.55. The standard InChI is InChI=1S/C18H31N3O3S/c1-25(23,24)21-4-2-13(3-5-21)12-19-17(22)20-18-9-14-6-15(10-18)8-16(7-14)11-18/h13-16H,2-12H2,1H3,(H2,19,20,22). The summed E-state index contributed by atoms with van der Waals surface area (Å²) >= 11 is 0. The van der Waals surface area contributed by atoms with Crippen LogP contribution in [0.2, 0.25) is 0 Å². The van der Waals surface area contributed by atoms with Crippen molar-refractivity contribution in [3.05, 3.63) is 0 Å². The normalized spacial score (nSPS) is 38.7. The lowest BCUT2D eigenvalue weighted by atomic mass is 9.53. The molecular weight excluding hydrogens is 338 g/mol. The van der Waals surface area contributed by atoms with Crippen LogP contribution < -0.4 is 10.6 Å². The first-order valence-corrected chi connectivity index (χ1v) is 11.7. The average Bonchev–Trinajstić information content (AvgIpc) is 2.50. The Balaban J connectivity index is 1.24. The van der Waals surface area contributed by atoms with E-state index in [9.17, 15) is 13.2 Å². The fraction of sp³-hybridized carbons (Fsp3) is 0.944. The van der Waals surface area contributed by atoms with Crippen LogP contribution in [0.1, 0.15) is 51.4 Å². The lowest BCUT2D eigenvalue weighted by Crippen LogP contribution is -2.61. The third-order valence-electron chi connectivity index (χ3n) is 7.01. The summed E-state index contributed by atoms with van der Waals surface area (Å²) in [7, 11) is -3.08. The molecule has 5 aliphatic rings. The van der Waals surface area contributed by atoms with E-state index < -0.39 is 10.0 Å². The molecule has 7 heteroatoms. The second kappa shape index (κ2) is 6.41. The minimum absolute atomic E-state index is 0.0208. The van der Waals surface area contributed by atoms with Crippen molar-refractivity contribution in [3.63, 3.8) is 0 Å². The monoisotopic (exact) mass is 369 g/mol. The van der Waals surface area contributed by atoms with Crippen LogP contribution in [-0.2, 0) is 10.0 Å². The largest absolute Gasteiger partial charge is 0.338 e. The van der Waals surface area contributed by atoms with Crippen molar-refractivity contribution in [3.8, 4) is 0 Å². The Morgan fingerprint density at radius 3 is 2.04 bits per heavy atom. The lowest BCUT2D eigenvalue weighted by molar-refractivity contribution is -0.0135. The van der Waals surface area contributed by atoms with Gasteiger partial charge in [0.2, 0.25) is 10.0 Å². The number of urea groups is 1.